The Morgan fingerprint density at radius 1 is 1.03 bits per heavy atom. The van der Waals surface area contributed by atoms with E-state index in [9.17, 15) is 0 Å². The summed E-state index contributed by atoms with van der Waals surface area (Å²) in [6, 6.07) is 17.0. The predicted octanol–water partition coefficient (Wildman–Crippen LogP) is 3.53. The average Bonchev–Trinajstić information content (AvgIpc) is 3.08. The Hall–Kier alpha value is -3.34. The van der Waals surface area contributed by atoms with Gasteiger partial charge < -0.3 is 4.42 Å². The summed E-state index contributed by atoms with van der Waals surface area (Å²) < 4.78 is 8.33. The lowest BCUT2D eigenvalue weighted by atomic mass is 9.61. The summed E-state index contributed by atoms with van der Waals surface area (Å²) in [6.45, 7) is 8.74. The number of rotatable bonds is 2. The van der Waals surface area contributed by atoms with Crippen LogP contribution in [0.4, 0.5) is 5.82 Å². The molecule has 1 aromatic carbocycles. The van der Waals surface area contributed by atoms with Gasteiger partial charge in [0.2, 0.25) is 5.71 Å². The van der Waals surface area contributed by atoms with Gasteiger partial charge in [-0.05, 0) is 56.8 Å². The van der Waals surface area contributed by atoms with E-state index in [2.05, 4.69) is 96.7 Å². The molecule has 5 rings (SSSR count). The van der Waals surface area contributed by atoms with Crippen LogP contribution in [0.25, 0.3) is 33.9 Å². The summed E-state index contributed by atoms with van der Waals surface area (Å²) in [5, 5.41) is 2.21. The van der Waals surface area contributed by atoms with E-state index in [0.29, 0.717) is 5.71 Å². The fraction of sp³-hybridized carbons (Fsp3) is 0.200. The van der Waals surface area contributed by atoms with E-state index in [4.69, 9.17) is 4.42 Å². The molecule has 148 valence electrons. The molecule has 5 heteroatoms. The minimum atomic E-state index is 0.173. The lowest BCUT2D eigenvalue weighted by Gasteiger charge is -2.24. The summed E-state index contributed by atoms with van der Waals surface area (Å²) in [4.78, 5) is 6.98. The molecule has 0 bridgehead atoms. The average molecular weight is 394 g/mol. The molecule has 4 nitrogen and oxygen atoms in total. The maximum atomic E-state index is 6.11. The van der Waals surface area contributed by atoms with Gasteiger partial charge in [0.05, 0.1) is 29.5 Å². The number of pyridine rings is 2. The molecule has 1 aliphatic heterocycles. The number of benzene rings is 1. The molecule has 0 unspecified atom stereocenters. The molecule has 0 saturated carbocycles. The zero-order chi connectivity index (χ0) is 21.0. The van der Waals surface area contributed by atoms with Crippen LogP contribution in [0.15, 0.2) is 59.1 Å². The van der Waals surface area contributed by atoms with Gasteiger partial charge in [0, 0.05) is 17.3 Å². The van der Waals surface area contributed by atoms with E-state index < -0.39 is 0 Å². The Morgan fingerprint density at radius 3 is 2.57 bits per heavy atom. The number of hydrogen-bond donors (Lipinski definition) is 0. The first-order chi connectivity index (χ1) is 14.4. The summed E-state index contributed by atoms with van der Waals surface area (Å²) in [6.07, 6.45) is 2.23. The van der Waals surface area contributed by atoms with Crippen LogP contribution in [0.1, 0.15) is 18.2 Å². The van der Waals surface area contributed by atoms with Crippen LogP contribution in [-0.4, -0.2) is 11.8 Å². The van der Waals surface area contributed by atoms with Crippen LogP contribution in [0.3, 0.4) is 0 Å². The van der Waals surface area contributed by atoms with Gasteiger partial charge in [-0.1, -0.05) is 30.3 Å². The monoisotopic (exact) mass is 394 g/mol. The predicted molar refractivity (Wildman–Crippen MR) is 123 cm³/mol. The van der Waals surface area contributed by atoms with Crippen molar-refractivity contribution in [2.75, 3.05) is 4.81 Å². The van der Waals surface area contributed by atoms with Crippen LogP contribution in [0.5, 0.6) is 0 Å². The first kappa shape index (κ1) is 18.7. The van der Waals surface area contributed by atoms with Gasteiger partial charge in [-0.2, -0.15) is 0 Å². The third kappa shape index (κ3) is 2.85. The fourth-order valence-electron chi connectivity index (χ4n) is 4.57. The molecule has 0 spiro atoms. The smallest absolute Gasteiger partial charge is 0.405 e. The van der Waals surface area contributed by atoms with Crippen LogP contribution in [-0.2, 0) is 7.05 Å². The SMILES string of the molecule is CB1C=c2oc3nc(C)ccc3c2=C(C)N1c1cc(C)c(-c2ccccc2)c[n+]1C. The van der Waals surface area contributed by atoms with Gasteiger partial charge in [-0.15, -0.1) is 0 Å². The second kappa shape index (κ2) is 6.87. The molecular weight excluding hydrogens is 369 g/mol. The second-order valence-electron chi connectivity index (χ2n) is 8.21. The quantitative estimate of drug-likeness (QED) is 0.385. The number of hydrogen-bond acceptors (Lipinski definition) is 3. The summed E-state index contributed by atoms with van der Waals surface area (Å²) in [5.41, 5.74) is 7.54. The molecule has 4 aromatic rings. The lowest BCUT2D eigenvalue weighted by molar-refractivity contribution is -0.657. The normalized spacial score (nSPS) is 13.6. The lowest BCUT2D eigenvalue weighted by Crippen LogP contribution is -2.50. The Bertz CT molecular complexity index is 1410. The van der Waals surface area contributed by atoms with E-state index >= 15 is 0 Å². The fourth-order valence-corrected chi connectivity index (χ4v) is 4.57. The Labute approximate surface area is 176 Å². The van der Waals surface area contributed by atoms with Gasteiger partial charge in [0.1, 0.15) is 5.42 Å². The zero-order valence-electron chi connectivity index (χ0n) is 18.1. The van der Waals surface area contributed by atoms with Crippen molar-refractivity contribution in [1.82, 2.24) is 4.98 Å². The minimum Gasteiger partial charge on any atom is -0.439 e. The number of fused-ring (bicyclic) bond motifs is 3. The van der Waals surface area contributed by atoms with Crippen LogP contribution >= 0.6 is 0 Å². The van der Waals surface area contributed by atoms with Gasteiger partial charge >= 0.3 is 6.85 Å². The Morgan fingerprint density at radius 2 is 1.80 bits per heavy atom. The highest BCUT2D eigenvalue weighted by atomic mass is 16.3. The molecular formula is C25H25BN3O+. The molecule has 0 radical (unpaired) electrons. The van der Waals surface area contributed by atoms with Crippen molar-refractivity contribution in [3.05, 3.63) is 76.6 Å². The van der Waals surface area contributed by atoms with Crippen molar-refractivity contribution in [1.29, 1.82) is 0 Å². The standard InChI is InChI=1S/C25H25BN3O/c1-16-13-23(28(5)15-21(16)19-9-7-6-8-10-19)29-18(3)24-20-12-11-17(2)27-25(20)30-22(24)14-26(29)4/h6-15H,1-5H3/q+1. The van der Waals surface area contributed by atoms with Crippen molar-refractivity contribution in [2.45, 2.75) is 27.6 Å². The van der Waals surface area contributed by atoms with E-state index in [-0.39, 0.29) is 6.85 Å². The zero-order valence-corrected chi connectivity index (χ0v) is 18.1. The number of nitrogens with zero attached hydrogens (tertiary/aromatic N) is 3. The van der Waals surface area contributed by atoms with Crippen LogP contribution in [0, 0.1) is 13.8 Å². The molecule has 0 amide bonds. The minimum absolute atomic E-state index is 0.173. The van der Waals surface area contributed by atoms with Crippen LogP contribution < -0.4 is 20.0 Å². The molecule has 30 heavy (non-hydrogen) atoms. The van der Waals surface area contributed by atoms with E-state index in [1.54, 1.807) is 0 Å². The van der Waals surface area contributed by atoms with Crippen molar-refractivity contribution in [3.8, 4) is 11.1 Å². The molecule has 0 atom stereocenters. The molecule has 0 saturated heterocycles. The summed E-state index contributed by atoms with van der Waals surface area (Å²) >= 11 is 0. The van der Waals surface area contributed by atoms with Crippen molar-refractivity contribution in [2.24, 2.45) is 7.05 Å². The highest BCUT2D eigenvalue weighted by Crippen LogP contribution is 2.27. The molecule has 4 heterocycles. The first-order valence-corrected chi connectivity index (χ1v) is 10.4. The van der Waals surface area contributed by atoms with E-state index in [0.717, 1.165) is 27.5 Å². The third-order valence-electron chi connectivity index (χ3n) is 6.03. The number of furan rings is 1. The third-order valence-corrected chi connectivity index (χ3v) is 6.03. The van der Waals surface area contributed by atoms with Crippen molar-refractivity contribution >= 4 is 35.4 Å². The Kier molecular flexibility index (Phi) is 4.28. The molecule has 1 aliphatic rings. The van der Waals surface area contributed by atoms with Gasteiger partial charge in [-0.3, -0.25) is 4.81 Å². The number of anilines is 1. The first-order valence-electron chi connectivity index (χ1n) is 10.4. The molecule has 0 N–H and O–H groups in total. The number of aromatic nitrogens is 2. The van der Waals surface area contributed by atoms with Crippen LogP contribution in [0.2, 0.25) is 6.82 Å². The highest BCUT2D eigenvalue weighted by Gasteiger charge is 2.34. The molecule has 3 aromatic heterocycles. The van der Waals surface area contributed by atoms with E-state index in [1.165, 1.54) is 22.4 Å². The largest absolute Gasteiger partial charge is 0.439 e. The maximum absolute atomic E-state index is 6.11. The van der Waals surface area contributed by atoms with Crippen molar-refractivity contribution in [3.63, 3.8) is 0 Å². The number of aryl methyl sites for hydroxylation is 3. The molecule has 0 fully saturated rings. The topological polar surface area (TPSA) is 33.2 Å². The van der Waals surface area contributed by atoms with Crippen molar-refractivity contribution < 1.29 is 8.98 Å². The summed E-state index contributed by atoms with van der Waals surface area (Å²) in [7, 11) is 2.12. The molecule has 0 aliphatic carbocycles. The Balaban J connectivity index is 1.71. The second-order valence-corrected chi connectivity index (χ2v) is 8.21. The summed E-state index contributed by atoms with van der Waals surface area (Å²) in [5.74, 6) is 3.35. The maximum Gasteiger partial charge on any atom is 0.405 e. The van der Waals surface area contributed by atoms with Gasteiger partial charge in [-0.25, -0.2) is 9.55 Å². The van der Waals surface area contributed by atoms with Gasteiger partial charge in [0.15, 0.2) is 0 Å². The van der Waals surface area contributed by atoms with E-state index in [1.807, 2.05) is 13.0 Å². The highest BCUT2D eigenvalue weighted by molar-refractivity contribution is 6.77. The van der Waals surface area contributed by atoms with Gasteiger partial charge in [0.25, 0.3) is 5.82 Å².